The van der Waals surface area contributed by atoms with Crippen molar-refractivity contribution in [1.82, 2.24) is 4.90 Å². The van der Waals surface area contributed by atoms with Crippen LogP contribution in [-0.4, -0.2) is 38.3 Å². The van der Waals surface area contributed by atoms with E-state index in [1.54, 1.807) is 7.11 Å². The largest absolute Gasteiger partial charge is 0.383 e. The van der Waals surface area contributed by atoms with Crippen molar-refractivity contribution in [2.75, 3.05) is 33.4 Å². The van der Waals surface area contributed by atoms with Crippen LogP contribution in [0.4, 0.5) is 0 Å². The molecule has 0 aromatic carbocycles. The molecule has 1 aliphatic heterocycles. The lowest BCUT2D eigenvalue weighted by Crippen LogP contribution is -2.55. The van der Waals surface area contributed by atoms with Gasteiger partial charge in [0.2, 0.25) is 0 Å². The minimum atomic E-state index is 0.585. The van der Waals surface area contributed by atoms with Crippen LogP contribution in [-0.2, 0) is 4.74 Å². The Kier molecular flexibility index (Phi) is 3.74. The SMILES string of the molecule is COCCN1CC(C)(CC(C)C)C1. The van der Waals surface area contributed by atoms with Gasteiger partial charge < -0.3 is 4.74 Å². The molecule has 13 heavy (non-hydrogen) atoms. The van der Waals surface area contributed by atoms with E-state index in [2.05, 4.69) is 25.7 Å². The van der Waals surface area contributed by atoms with Crippen molar-refractivity contribution in [3.63, 3.8) is 0 Å². The lowest BCUT2D eigenvalue weighted by Gasteiger charge is -2.49. The predicted molar refractivity (Wildman–Crippen MR) is 55.9 cm³/mol. The topological polar surface area (TPSA) is 12.5 Å². The summed E-state index contributed by atoms with van der Waals surface area (Å²) in [5, 5.41) is 0. The summed E-state index contributed by atoms with van der Waals surface area (Å²) >= 11 is 0. The molecule has 1 saturated heterocycles. The van der Waals surface area contributed by atoms with Crippen LogP contribution in [0.3, 0.4) is 0 Å². The first kappa shape index (κ1) is 11.0. The highest BCUT2D eigenvalue weighted by molar-refractivity contribution is 4.91. The van der Waals surface area contributed by atoms with Crippen LogP contribution in [0.1, 0.15) is 27.2 Å². The molecule has 0 aromatic rings. The van der Waals surface area contributed by atoms with Crippen LogP contribution in [0, 0.1) is 11.3 Å². The summed E-state index contributed by atoms with van der Waals surface area (Å²) in [6.45, 7) is 11.5. The first-order valence-corrected chi connectivity index (χ1v) is 5.27. The van der Waals surface area contributed by atoms with Crippen molar-refractivity contribution in [2.24, 2.45) is 11.3 Å². The van der Waals surface area contributed by atoms with Crippen LogP contribution in [0.2, 0.25) is 0 Å². The van der Waals surface area contributed by atoms with E-state index in [-0.39, 0.29) is 0 Å². The molecule has 0 spiro atoms. The maximum atomic E-state index is 5.06. The summed E-state index contributed by atoms with van der Waals surface area (Å²) in [6.07, 6.45) is 1.36. The molecule has 0 radical (unpaired) electrons. The van der Waals surface area contributed by atoms with Crippen LogP contribution in [0.5, 0.6) is 0 Å². The van der Waals surface area contributed by atoms with Crippen LogP contribution in [0.25, 0.3) is 0 Å². The van der Waals surface area contributed by atoms with Crippen molar-refractivity contribution >= 4 is 0 Å². The highest BCUT2D eigenvalue weighted by Gasteiger charge is 2.38. The minimum Gasteiger partial charge on any atom is -0.383 e. The van der Waals surface area contributed by atoms with Gasteiger partial charge in [0.15, 0.2) is 0 Å². The normalized spacial score (nSPS) is 21.9. The Balaban J connectivity index is 2.15. The van der Waals surface area contributed by atoms with Crippen molar-refractivity contribution in [2.45, 2.75) is 27.2 Å². The molecular formula is C11H23NO. The Morgan fingerprint density at radius 2 is 2.00 bits per heavy atom. The van der Waals surface area contributed by atoms with E-state index in [1.807, 2.05) is 0 Å². The molecule has 0 amide bonds. The van der Waals surface area contributed by atoms with Gasteiger partial charge in [-0.05, 0) is 17.8 Å². The second-order valence-electron chi connectivity index (χ2n) is 5.11. The van der Waals surface area contributed by atoms with Crippen LogP contribution < -0.4 is 0 Å². The summed E-state index contributed by atoms with van der Waals surface area (Å²) in [4.78, 5) is 2.48. The van der Waals surface area contributed by atoms with E-state index in [1.165, 1.54) is 19.5 Å². The summed E-state index contributed by atoms with van der Waals surface area (Å²) in [5.74, 6) is 0.828. The summed E-state index contributed by atoms with van der Waals surface area (Å²) in [5.41, 5.74) is 0.585. The van der Waals surface area contributed by atoms with Gasteiger partial charge in [-0.25, -0.2) is 0 Å². The highest BCUT2D eigenvalue weighted by atomic mass is 16.5. The standard InChI is InChI=1S/C11H23NO/c1-10(2)7-11(3)8-12(9-11)5-6-13-4/h10H,5-9H2,1-4H3. The summed E-state index contributed by atoms with van der Waals surface area (Å²) in [7, 11) is 1.77. The van der Waals surface area contributed by atoms with Gasteiger partial charge >= 0.3 is 0 Å². The molecule has 0 saturated carbocycles. The highest BCUT2D eigenvalue weighted by Crippen LogP contribution is 2.35. The average molecular weight is 185 g/mol. The summed E-state index contributed by atoms with van der Waals surface area (Å²) in [6, 6.07) is 0. The van der Waals surface area contributed by atoms with Gasteiger partial charge in [0.25, 0.3) is 0 Å². The monoisotopic (exact) mass is 185 g/mol. The third kappa shape index (κ3) is 3.28. The zero-order chi connectivity index (χ0) is 9.90. The van der Waals surface area contributed by atoms with E-state index < -0.39 is 0 Å². The van der Waals surface area contributed by atoms with Gasteiger partial charge in [-0.2, -0.15) is 0 Å². The molecule has 0 atom stereocenters. The quantitative estimate of drug-likeness (QED) is 0.649. The Hall–Kier alpha value is -0.0800. The molecule has 1 fully saturated rings. The van der Waals surface area contributed by atoms with Crippen molar-refractivity contribution in [3.05, 3.63) is 0 Å². The number of likely N-dealkylation sites (tertiary alicyclic amines) is 1. The molecule has 2 nitrogen and oxygen atoms in total. The fourth-order valence-electron chi connectivity index (χ4n) is 2.53. The smallest absolute Gasteiger partial charge is 0.0589 e. The van der Waals surface area contributed by atoms with Gasteiger partial charge in [0.1, 0.15) is 0 Å². The Labute approximate surface area is 82.3 Å². The number of methoxy groups -OCH3 is 1. The number of hydrogen-bond acceptors (Lipinski definition) is 2. The second-order valence-corrected chi connectivity index (χ2v) is 5.11. The van der Waals surface area contributed by atoms with E-state index in [0.29, 0.717) is 5.41 Å². The zero-order valence-electron chi connectivity index (χ0n) is 9.47. The molecule has 1 heterocycles. The first-order chi connectivity index (χ1) is 6.06. The van der Waals surface area contributed by atoms with E-state index in [0.717, 1.165) is 19.1 Å². The molecule has 78 valence electrons. The maximum absolute atomic E-state index is 5.06. The number of hydrogen-bond donors (Lipinski definition) is 0. The first-order valence-electron chi connectivity index (χ1n) is 5.27. The van der Waals surface area contributed by atoms with E-state index >= 15 is 0 Å². The molecule has 0 N–H and O–H groups in total. The fraction of sp³-hybridized carbons (Fsp3) is 1.00. The third-order valence-corrected chi connectivity index (χ3v) is 2.72. The third-order valence-electron chi connectivity index (χ3n) is 2.72. The van der Waals surface area contributed by atoms with Crippen molar-refractivity contribution < 1.29 is 4.74 Å². The lowest BCUT2D eigenvalue weighted by atomic mass is 9.75. The maximum Gasteiger partial charge on any atom is 0.0589 e. The molecule has 0 aliphatic carbocycles. The molecule has 1 aliphatic rings. The molecule has 0 aromatic heterocycles. The Morgan fingerprint density at radius 1 is 1.38 bits per heavy atom. The van der Waals surface area contributed by atoms with Crippen molar-refractivity contribution in [3.8, 4) is 0 Å². The molecular weight excluding hydrogens is 162 g/mol. The molecule has 1 rings (SSSR count). The van der Waals surface area contributed by atoms with E-state index in [9.17, 15) is 0 Å². The zero-order valence-corrected chi connectivity index (χ0v) is 9.47. The number of rotatable bonds is 5. The van der Waals surface area contributed by atoms with Crippen LogP contribution in [0.15, 0.2) is 0 Å². The Morgan fingerprint density at radius 3 is 2.46 bits per heavy atom. The minimum absolute atomic E-state index is 0.585. The van der Waals surface area contributed by atoms with Crippen molar-refractivity contribution in [1.29, 1.82) is 0 Å². The molecule has 0 bridgehead atoms. The van der Waals surface area contributed by atoms with Crippen LogP contribution >= 0.6 is 0 Å². The second kappa shape index (κ2) is 4.43. The van der Waals surface area contributed by atoms with Gasteiger partial charge in [0, 0.05) is 26.7 Å². The lowest BCUT2D eigenvalue weighted by molar-refractivity contribution is -0.0140. The Bertz CT molecular complexity index is 150. The van der Waals surface area contributed by atoms with Gasteiger partial charge in [-0.1, -0.05) is 20.8 Å². The molecule has 2 heteroatoms. The fourth-order valence-corrected chi connectivity index (χ4v) is 2.53. The number of ether oxygens (including phenoxy) is 1. The predicted octanol–water partition coefficient (Wildman–Crippen LogP) is 2.00. The van der Waals surface area contributed by atoms with E-state index in [4.69, 9.17) is 4.74 Å². The summed E-state index contributed by atoms with van der Waals surface area (Å²) < 4.78 is 5.06. The average Bonchev–Trinajstić information content (AvgIpc) is 1.95. The number of nitrogens with zero attached hydrogens (tertiary/aromatic N) is 1. The van der Waals surface area contributed by atoms with Gasteiger partial charge in [-0.15, -0.1) is 0 Å². The van der Waals surface area contributed by atoms with Gasteiger partial charge in [0.05, 0.1) is 6.61 Å². The molecule has 0 unspecified atom stereocenters. The van der Waals surface area contributed by atoms with Gasteiger partial charge in [-0.3, -0.25) is 4.90 Å².